The monoisotopic (exact) mass is 365 g/mol. The topological polar surface area (TPSA) is 33.5 Å². The molecule has 3 nitrogen and oxygen atoms in total. The van der Waals surface area contributed by atoms with Crippen LogP contribution in [-0.2, 0) is 13.1 Å². The van der Waals surface area contributed by atoms with Crippen molar-refractivity contribution in [2.24, 2.45) is 0 Å². The van der Waals surface area contributed by atoms with Crippen LogP contribution in [0.4, 0.5) is 4.39 Å². The predicted octanol–water partition coefficient (Wildman–Crippen LogP) is 2.16. The molecule has 0 aliphatic rings. The van der Waals surface area contributed by atoms with E-state index in [9.17, 15) is 9.18 Å². The molecule has 0 aromatic heterocycles. The summed E-state index contributed by atoms with van der Waals surface area (Å²) in [5.41, 5.74) is 2.27. The zero-order valence-corrected chi connectivity index (χ0v) is 14.2. The van der Waals surface area contributed by atoms with Crippen LogP contribution in [0.25, 0.3) is 0 Å². The molecule has 0 bridgehead atoms. The normalized spacial score (nSPS) is 10.8. The first-order chi connectivity index (χ1) is 10.5. The Morgan fingerprint density at radius 1 is 1.18 bits per heavy atom. The summed E-state index contributed by atoms with van der Waals surface area (Å²) in [5, 5.41) is 2.79. The van der Waals surface area contributed by atoms with E-state index < -0.39 is 11.7 Å². The first kappa shape index (κ1) is 16.6. The van der Waals surface area contributed by atoms with Gasteiger partial charge in [-0.25, -0.2) is 4.39 Å². The summed E-state index contributed by atoms with van der Waals surface area (Å²) in [6.07, 6.45) is 0. The van der Waals surface area contributed by atoms with Crippen LogP contribution >= 0.6 is 15.9 Å². The maximum absolute atomic E-state index is 13.7. The number of rotatable bonds is 5. The van der Waals surface area contributed by atoms with Gasteiger partial charge in [-0.3, -0.25) is 4.79 Å². The zero-order valence-electron chi connectivity index (χ0n) is 12.6. The number of hydrogen-bond donors (Lipinski definition) is 2. The minimum atomic E-state index is -0.522. The van der Waals surface area contributed by atoms with Gasteiger partial charge in [0.05, 0.1) is 19.7 Å². The first-order valence-electron chi connectivity index (χ1n) is 7.06. The van der Waals surface area contributed by atoms with Gasteiger partial charge in [-0.05, 0) is 23.8 Å². The molecule has 2 N–H and O–H groups in total. The lowest BCUT2D eigenvalue weighted by atomic mass is 10.1. The Kier molecular flexibility index (Phi) is 5.69. The van der Waals surface area contributed by atoms with Gasteiger partial charge < -0.3 is 10.2 Å². The van der Waals surface area contributed by atoms with Crippen LogP contribution in [0.3, 0.4) is 0 Å². The summed E-state index contributed by atoms with van der Waals surface area (Å²) in [6.45, 7) is 1.26. The second-order valence-corrected chi connectivity index (χ2v) is 6.38. The molecular formula is C17H19BrFN2O+. The maximum Gasteiger partial charge on any atom is 0.254 e. The minimum Gasteiger partial charge on any atom is -0.348 e. The molecule has 2 rings (SSSR count). The van der Waals surface area contributed by atoms with Crippen LogP contribution in [-0.4, -0.2) is 20.0 Å². The van der Waals surface area contributed by atoms with Crippen molar-refractivity contribution in [2.45, 2.75) is 13.1 Å². The Labute approximate surface area is 138 Å². The zero-order chi connectivity index (χ0) is 16.1. The quantitative estimate of drug-likeness (QED) is 0.836. The summed E-state index contributed by atoms with van der Waals surface area (Å²) in [6, 6.07) is 12.3. The summed E-state index contributed by atoms with van der Waals surface area (Å²) in [4.78, 5) is 13.5. The van der Waals surface area contributed by atoms with Crippen molar-refractivity contribution in [3.63, 3.8) is 0 Å². The molecule has 0 saturated heterocycles. The number of carbonyl (C=O) groups excluding carboxylic acids is 1. The van der Waals surface area contributed by atoms with Crippen molar-refractivity contribution < 1.29 is 14.1 Å². The molecule has 0 heterocycles. The van der Waals surface area contributed by atoms with Crippen LogP contribution in [0.5, 0.6) is 0 Å². The summed E-state index contributed by atoms with van der Waals surface area (Å²) in [7, 11) is 4.15. The molecule has 0 aliphatic heterocycles. The smallest absolute Gasteiger partial charge is 0.254 e. The SMILES string of the molecule is C[NH+](C)Cc1ccccc1CNC(=O)c1cc(Br)ccc1F. The molecule has 0 unspecified atom stereocenters. The number of quaternary nitrogens is 1. The second-order valence-electron chi connectivity index (χ2n) is 5.46. The molecule has 1 amide bonds. The fourth-order valence-electron chi connectivity index (χ4n) is 2.23. The van der Waals surface area contributed by atoms with Crippen molar-refractivity contribution in [1.82, 2.24) is 5.32 Å². The molecule has 22 heavy (non-hydrogen) atoms. The number of nitrogens with one attached hydrogen (secondary N) is 2. The van der Waals surface area contributed by atoms with E-state index in [2.05, 4.69) is 35.3 Å². The van der Waals surface area contributed by atoms with E-state index in [1.807, 2.05) is 24.3 Å². The van der Waals surface area contributed by atoms with Crippen LogP contribution in [0.2, 0.25) is 0 Å². The Balaban J connectivity index is 2.10. The highest BCUT2D eigenvalue weighted by molar-refractivity contribution is 9.10. The van der Waals surface area contributed by atoms with Crippen molar-refractivity contribution in [1.29, 1.82) is 0 Å². The summed E-state index contributed by atoms with van der Waals surface area (Å²) in [5.74, 6) is -0.933. The predicted molar refractivity (Wildman–Crippen MR) is 88.2 cm³/mol. The number of carbonyl (C=O) groups is 1. The Morgan fingerprint density at radius 2 is 1.86 bits per heavy atom. The molecule has 0 saturated carbocycles. The van der Waals surface area contributed by atoms with Crippen molar-refractivity contribution in [2.75, 3.05) is 14.1 Å². The van der Waals surface area contributed by atoms with Crippen molar-refractivity contribution in [3.05, 3.63) is 69.4 Å². The van der Waals surface area contributed by atoms with Gasteiger partial charge in [-0.15, -0.1) is 0 Å². The van der Waals surface area contributed by atoms with Gasteiger partial charge in [0, 0.05) is 16.6 Å². The Morgan fingerprint density at radius 3 is 2.55 bits per heavy atom. The molecule has 5 heteroatoms. The van der Waals surface area contributed by atoms with E-state index in [1.54, 1.807) is 6.07 Å². The molecule has 0 spiro atoms. The van der Waals surface area contributed by atoms with Gasteiger partial charge in [-0.2, -0.15) is 0 Å². The summed E-state index contributed by atoms with van der Waals surface area (Å²) >= 11 is 3.25. The van der Waals surface area contributed by atoms with Gasteiger partial charge in [0.1, 0.15) is 12.4 Å². The van der Waals surface area contributed by atoms with E-state index in [4.69, 9.17) is 0 Å². The van der Waals surface area contributed by atoms with E-state index in [0.717, 1.165) is 12.1 Å². The largest absolute Gasteiger partial charge is 0.348 e. The van der Waals surface area contributed by atoms with Gasteiger partial charge in [-0.1, -0.05) is 40.2 Å². The molecular weight excluding hydrogens is 347 g/mol. The number of benzene rings is 2. The highest BCUT2D eigenvalue weighted by atomic mass is 79.9. The fraction of sp³-hybridized carbons (Fsp3) is 0.235. The third kappa shape index (κ3) is 4.39. The van der Waals surface area contributed by atoms with Crippen LogP contribution < -0.4 is 10.2 Å². The molecule has 0 fully saturated rings. The third-order valence-corrected chi connectivity index (χ3v) is 3.77. The van der Waals surface area contributed by atoms with Crippen molar-refractivity contribution in [3.8, 4) is 0 Å². The van der Waals surface area contributed by atoms with Crippen LogP contribution in [0, 0.1) is 5.82 Å². The van der Waals surface area contributed by atoms with E-state index in [-0.39, 0.29) is 5.56 Å². The molecule has 0 radical (unpaired) electrons. The number of hydrogen-bond acceptors (Lipinski definition) is 1. The Hall–Kier alpha value is -1.72. The molecule has 2 aromatic carbocycles. The van der Waals surface area contributed by atoms with E-state index in [0.29, 0.717) is 11.0 Å². The molecule has 2 aromatic rings. The minimum absolute atomic E-state index is 0.0464. The number of halogens is 2. The Bertz CT molecular complexity index is 673. The molecule has 0 aliphatic carbocycles. The fourth-order valence-corrected chi connectivity index (χ4v) is 2.59. The van der Waals surface area contributed by atoms with Crippen molar-refractivity contribution >= 4 is 21.8 Å². The molecule has 116 valence electrons. The van der Waals surface area contributed by atoms with Gasteiger partial charge in [0.15, 0.2) is 0 Å². The van der Waals surface area contributed by atoms with E-state index in [1.165, 1.54) is 22.6 Å². The summed E-state index contributed by atoms with van der Waals surface area (Å²) < 4.78 is 14.4. The van der Waals surface area contributed by atoms with Crippen LogP contribution in [0.15, 0.2) is 46.9 Å². The van der Waals surface area contributed by atoms with E-state index >= 15 is 0 Å². The maximum atomic E-state index is 13.7. The lowest BCUT2D eigenvalue weighted by molar-refractivity contribution is -0.872. The average molecular weight is 366 g/mol. The van der Waals surface area contributed by atoms with Crippen LogP contribution in [0.1, 0.15) is 21.5 Å². The number of amides is 1. The highest BCUT2D eigenvalue weighted by Crippen LogP contribution is 2.16. The highest BCUT2D eigenvalue weighted by Gasteiger charge is 2.13. The second kappa shape index (κ2) is 7.51. The third-order valence-electron chi connectivity index (χ3n) is 3.27. The van der Waals surface area contributed by atoms with Gasteiger partial charge >= 0.3 is 0 Å². The van der Waals surface area contributed by atoms with Gasteiger partial charge in [0.2, 0.25) is 0 Å². The molecule has 0 atom stereocenters. The van der Waals surface area contributed by atoms with Gasteiger partial charge in [0.25, 0.3) is 5.91 Å². The first-order valence-corrected chi connectivity index (χ1v) is 7.85. The average Bonchev–Trinajstić information content (AvgIpc) is 2.48. The standard InChI is InChI=1S/C17H18BrFN2O/c1-21(2)11-13-6-4-3-5-12(13)10-20-17(22)15-9-14(18)7-8-16(15)19/h3-9H,10-11H2,1-2H3,(H,20,22)/p+1. The lowest BCUT2D eigenvalue weighted by Gasteiger charge is -2.13. The lowest BCUT2D eigenvalue weighted by Crippen LogP contribution is -3.04.